The van der Waals surface area contributed by atoms with Gasteiger partial charge in [0, 0.05) is 0 Å². The van der Waals surface area contributed by atoms with E-state index in [2.05, 4.69) is 25.9 Å². The maximum absolute atomic E-state index is 8.70. The van der Waals surface area contributed by atoms with E-state index in [-0.39, 0.29) is 29.9 Å². The third kappa shape index (κ3) is 4.22. The number of halogens is 1. The molecule has 0 aliphatic heterocycles. The minimum absolute atomic E-state index is 0.166. The Balaban J connectivity index is 2.96. The molecule has 0 saturated heterocycles. The zero-order chi connectivity index (χ0) is 11.1. The van der Waals surface area contributed by atoms with Gasteiger partial charge in [-0.15, -0.1) is 0 Å². The molecule has 0 bridgehead atoms. The zero-order valence-corrected chi connectivity index (χ0v) is 12.5. The monoisotopic (exact) mass is 392 g/mol. The summed E-state index contributed by atoms with van der Waals surface area (Å²) in [4.78, 5) is 6.18. The van der Waals surface area contributed by atoms with Gasteiger partial charge < -0.3 is 0 Å². The van der Waals surface area contributed by atoms with E-state index in [1.54, 1.807) is 0 Å². The average molecular weight is 391 g/mol. The molecule has 0 radical (unpaired) electrons. The van der Waals surface area contributed by atoms with Gasteiger partial charge in [-0.3, -0.25) is 0 Å². The second kappa shape index (κ2) is 6.85. The molecule has 15 heavy (non-hydrogen) atoms. The first-order chi connectivity index (χ1) is 7.27. The summed E-state index contributed by atoms with van der Waals surface area (Å²) in [5.74, 6) is 0. The summed E-state index contributed by atoms with van der Waals surface area (Å²) >= 11 is 2.99. The summed E-state index contributed by atoms with van der Waals surface area (Å²) in [5, 5.41) is 17.2. The fourth-order valence-corrected chi connectivity index (χ4v) is 3.67. The van der Waals surface area contributed by atoms with Crippen molar-refractivity contribution in [2.24, 2.45) is 0 Å². The van der Waals surface area contributed by atoms with Crippen LogP contribution in [0.15, 0.2) is 33.7 Å². The van der Waals surface area contributed by atoms with Crippen molar-refractivity contribution < 1.29 is 0 Å². The first-order valence-electron chi connectivity index (χ1n) is 3.84. The third-order valence-corrected chi connectivity index (χ3v) is 5.15. The normalized spacial score (nSPS) is 10.5. The van der Waals surface area contributed by atoms with Gasteiger partial charge >= 0.3 is 110 Å². The van der Waals surface area contributed by atoms with Crippen molar-refractivity contribution in [2.45, 2.75) is 0 Å². The number of hydrogen-bond donors (Lipinski definition) is 0. The molecule has 0 N–H and O–H groups in total. The first-order valence-corrected chi connectivity index (χ1v) is 8.20. The maximum atomic E-state index is 8.70. The van der Waals surface area contributed by atoms with Crippen molar-refractivity contribution in [3.63, 3.8) is 0 Å². The fourth-order valence-electron chi connectivity index (χ4n) is 0.894. The van der Waals surface area contributed by atoms with E-state index in [0.717, 1.165) is 14.5 Å². The number of nitrogens with zero attached hydrogens (tertiary/aromatic N) is 2. The van der Waals surface area contributed by atoms with Gasteiger partial charge in [0.05, 0.1) is 0 Å². The van der Waals surface area contributed by atoms with E-state index in [4.69, 9.17) is 10.5 Å². The van der Waals surface area contributed by atoms with E-state index in [0.29, 0.717) is 0 Å². The van der Waals surface area contributed by atoms with Crippen LogP contribution in [0, 0.1) is 20.5 Å². The Kier molecular flexibility index (Phi) is 5.72. The molecular weight excluding hydrogens is 386 g/mol. The molecule has 1 rings (SSSR count). The summed E-state index contributed by atoms with van der Waals surface area (Å²) < 4.78 is 2.01. The Morgan fingerprint density at radius 1 is 1.20 bits per heavy atom. The Hall–Kier alpha value is -0.541. The first kappa shape index (κ1) is 12.5. The van der Waals surface area contributed by atoms with Crippen LogP contribution in [0.2, 0.25) is 0 Å². The molecule has 0 aromatic heterocycles. The Bertz CT molecular complexity index is 440. The van der Waals surface area contributed by atoms with Crippen molar-refractivity contribution in [1.82, 2.24) is 0 Å². The van der Waals surface area contributed by atoms with Crippen LogP contribution in [0.1, 0.15) is 5.56 Å². The molecule has 0 heterocycles. The summed E-state index contributed by atoms with van der Waals surface area (Å²) in [7, 11) is 0. The molecule has 0 amide bonds. The van der Waals surface area contributed by atoms with E-state index in [1.165, 1.54) is 0 Å². The molecule has 2 nitrogen and oxygen atoms in total. The number of rotatable bonds is 3. The Morgan fingerprint density at radius 2 is 1.87 bits per heavy atom. The Labute approximate surface area is 109 Å². The van der Waals surface area contributed by atoms with Gasteiger partial charge in [-0.2, -0.15) is 0 Å². The predicted octanol–water partition coefficient (Wildman–Crippen LogP) is 2.12. The van der Waals surface area contributed by atoms with Gasteiger partial charge in [0.15, 0.2) is 0 Å². The van der Waals surface area contributed by atoms with Gasteiger partial charge in [0.2, 0.25) is 0 Å². The SMILES string of the molecule is N#C[Se]/C=C(/[Se]C#N)c1ccc(Br)cc1. The van der Waals surface area contributed by atoms with E-state index in [9.17, 15) is 0 Å². The molecule has 0 fully saturated rings. The summed E-state index contributed by atoms with van der Waals surface area (Å²) in [6.45, 7) is 0. The van der Waals surface area contributed by atoms with Crippen LogP contribution in [-0.4, -0.2) is 29.9 Å². The molecular formula is C10H5BrN2Se2. The number of nitriles is 2. The molecule has 0 aliphatic rings. The topological polar surface area (TPSA) is 47.6 Å². The van der Waals surface area contributed by atoms with Crippen molar-refractivity contribution in [3.8, 4) is 9.94 Å². The molecule has 0 aliphatic carbocycles. The Morgan fingerprint density at radius 3 is 2.40 bits per heavy atom. The molecule has 1 aromatic carbocycles. The average Bonchev–Trinajstić information content (AvgIpc) is 2.25. The standard InChI is InChI=1S/C10H5BrN2Se2/c11-9-3-1-8(2-4-9)10(15-7-13)5-14-6-12/h1-5H/b10-5+. The molecule has 0 spiro atoms. The zero-order valence-electron chi connectivity index (χ0n) is 7.48. The van der Waals surface area contributed by atoms with Crippen LogP contribution in [0.5, 0.6) is 0 Å². The van der Waals surface area contributed by atoms with Gasteiger partial charge in [-0.25, -0.2) is 0 Å². The van der Waals surface area contributed by atoms with Crippen LogP contribution in [0.4, 0.5) is 0 Å². The second-order valence-corrected chi connectivity index (χ2v) is 6.41. The van der Waals surface area contributed by atoms with Gasteiger partial charge in [0.1, 0.15) is 0 Å². The number of hydrogen-bond acceptors (Lipinski definition) is 2. The van der Waals surface area contributed by atoms with Crippen LogP contribution in [-0.2, 0) is 0 Å². The molecule has 0 atom stereocenters. The van der Waals surface area contributed by atoms with E-state index < -0.39 is 0 Å². The van der Waals surface area contributed by atoms with Crippen molar-refractivity contribution in [3.05, 3.63) is 39.3 Å². The summed E-state index contributed by atoms with van der Waals surface area (Å²) in [5.41, 5.74) is 1.04. The minimum atomic E-state index is -0.202. The number of benzene rings is 1. The second-order valence-electron chi connectivity index (χ2n) is 2.39. The molecule has 0 saturated carbocycles. The molecule has 5 heteroatoms. The van der Waals surface area contributed by atoms with Crippen LogP contribution >= 0.6 is 15.9 Å². The predicted molar refractivity (Wildman–Crippen MR) is 64.9 cm³/mol. The molecule has 74 valence electrons. The van der Waals surface area contributed by atoms with Crippen LogP contribution < -0.4 is 0 Å². The van der Waals surface area contributed by atoms with Gasteiger partial charge in [0.25, 0.3) is 0 Å². The van der Waals surface area contributed by atoms with E-state index in [1.807, 2.05) is 29.2 Å². The molecule has 0 unspecified atom stereocenters. The summed E-state index contributed by atoms with van der Waals surface area (Å²) in [6.07, 6.45) is 0. The fraction of sp³-hybridized carbons (Fsp3) is 0. The molecule has 1 aromatic rings. The summed E-state index contributed by atoms with van der Waals surface area (Å²) in [6, 6.07) is 7.80. The van der Waals surface area contributed by atoms with Gasteiger partial charge in [-0.05, 0) is 0 Å². The van der Waals surface area contributed by atoms with Crippen LogP contribution in [0.3, 0.4) is 0 Å². The van der Waals surface area contributed by atoms with Crippen molar-refractivity contribution in [1.29, 1.82) is 10.5 Å². The van der Waals surface area contributed by atoms with Crippen molar-refractivity contribution in [2.75, 3.05) is 0 Å². The third-order valence-electron chi connectivity index (χ3n) is 1.50. The van der Waals surface area contributed by atoms with Gasteiger partial charge in [-0.1, -0.05) is 0 Å². The van der Waals surface area contributed by atoms with Crippen molar-refractivity contribution >= 4 is 50.3 Å². The van der Waals surface area contributed by atoms with E-state index >= 15 is 0 Å². The quantitative estimate of drug-likeness (QED) is 0.742. The van der Waals surface area contributed by atoms with Crippen LogP contribution in [0.25, 0.3) is 4.47 Å².